The Kier molecular flexibility index (Phi) is 3.37. The number of fused-ring (bicyclic) bond motifs is 1. The number of carbonyl (C=O) groups is 1. The van der Waals surface area contributed by atoms with E-state index in [9.17, 15) is 4.79 Å². The van der Waals surface area contributed by atoms with Crippen LogP contribution in [-0.4, -0.2) is 10.8 Å². The van der Waals surface area contributed by atoms with Crippen molar-refractivity contribution in [3.8, 4) is 0 Å². The number of carbonyl (C=O) groups excluding carboxylic acids is 1. The van der Waals surface area contributed by atoms with Gasteiger partial charge in [-0.1, -0.05) is 22.0 Å². The van der Waals surface area contributed by atoms with E-state index in [-0.39, 0.29) is 5.78 Å². The van der Waals surface area contributed by atoms with Gasteiger partial charge >= 0.3 is 0 Å². The van der Waals surface area contributed by atoms with Crippen molar-refractivity contribution in [2.45, 2.75) is 6.92 Å². The summed E-state index contributed by atoms with van der Waals surface area (Å²) in [6.07, 6.45) is 1.78. The fraction of sp³-hybridized carbons (Fsp3) is 0.0714. The van der Waals surface area contributed by atoms with Gasteiger partial charge in [0.25, 0.3) is 0 Å². The smallest absolute Gasteiger partial charge is 0.205 e. The Bertz CT molecular complexity index is 768. The molecule has 0 bridgehead atoms. The highest BCUT2D eigenvalue weighted by Crippen LogP contribution is 2.31. The van der Waals surface area contributed by atoms with Gasteiger partial charge in [-0.05, 0) is 46.6 Å². The fourth-order valence-electron chi connectivity index (χ4n) is 1.99. The van der Waals surface area contributed by atoms with Crippen LogP contribution in [0.1, 0.15) is 20.8 Å². The molecule has 3 rings (SSSR count). The van der Waals surface area contributed by atoms with Crippen molar-refractivity contribution in [3.05, 3.63) is 54.7 Å². The summed E-state index contributed by atoms with van der Waals surface area (Å²) in [5.41, 5.74) is 2.78. The second-order valence-electron chi connectivity index (χ2n) is 4.29. The highest BCUT2D eigenvalue weighted by molar-refractivity contribution is 9.11. The first kappa shape index (κ1) is 13.1. The van der Waals surface area contributed by atoms with Crippen molar-refractivity contribution in [3.63, 3.8) is 0 Å². The maximum absolute atomic E-state index is 12.5. The Morgan fingerprint density at radius 1 is 1.26 bits per heavy atom. The Hall–Kier alpha value is -0.910. The summed E-state index contributed by atoms with van der Waals surface area (Å²) in [5, 5.41) is 0.954. The topological polar surface area (TPSA) is 32.9 Å². The van der Waals surface area contributed by atoms with E-state index in [4.69, 9.17) is 0 Å². The molecule has 2 nitrogen and oxygen atoms in total. The average molecular weight is 399 g/mol. The number of H-pyrrole nitrogens is 1. The molecule has 0 saturated heterocycles. The number of rotatable bonds is 2. The van der Waals surface area contributed by atoms with Crippen molar-refractivity contribution in [2.75, 3.05) is 0 Å². The van der Waals surface area contributed by atoms with Crippen molar-refractivity contribution in [1.82, 2.24) is 4.98 Å². The van der Waals surface area contributed by atoms with Gasteiger partial charge in [0.05, 0.1) is 8.66 Å². The van der Waals surface area contributed by atoms with Gasteiger partial charge in [0.2, 0.25) is 5.78 Å². The van der Waals surface area contributed by atoms with Gasteiger partial charge in [-0.25, -0.2) is 0 Å². The van der Waals surface area contributed by atoms with Crippen LogP contribution in [0.15, 0.2) is 38.7 Å². The average Bonchev–Trinajstić information content (AvgIpc) is 2.93. The monoisotopic (exact) mass is 397 g/mol. The van der Waals surface area contributed by atoms with Crippen molar-refractivity contribution in [2.24, 2.45) is 0 Å². The standard InChI is InChI=1S/C14H9Br2NOS/c1-7-4-12(19-14(7)16)13(18)10-6-17-11-5-8(15)2-3-9(10)11/h2-6,17H,1H3. The van der Waals surface area contributed by atoms with Gasteiger partial charge in [-0.3, -0.25) is 4.79 Å². The number of hydrogen-bond acceptors (Lipinski definition) is 2. The summed E-state index contributed by atoms with van der Waals surface area (Å²) in [7, 11) is 0. The first-order chi connectivity index (χ1) is 9.06. The number of ketones is 1. The van der Waals surface area contributed by atoms with Gasteiger partial charge in [-0.15, -0.1) is 11.3 Å². The number of aromatic nitrogens is 1. The number of aryl methyl sites for hydroxylation is 1. The van der Waals surface area contributed by atoms with Gasteiger partial charge in [0, 0.05) is 27.1 Å². The first-order valence-corrected chi connectivity index (χ1v) is 8.04. The SMILES string of the molecule is Cc1cc(C(=O)c2c[nH]c3cc(Br)ccc23)sc1Br. The zero-order valence-electron chi connectivity index (χ0n) is 9.96. The van der Waals surface area contributed by atoms with Gasteiger partial charge in [0.15, 0.2) is 0 Å². The molecule has 0 amide bonds. The summed E-state index contributed by atoms with van der Waals surface area (Å²) in [6.45, 7) is 1.99. The van der Waals surface area contributed by atoms with Gasteiger partial charge in [0.1, 0.15) is 0 Å². The Balaban J connectivity index is 2.11. The van der Waals surface area contributed by atoms with Crippen LogP contribution in [-0.2, 0) is 0 Å². The highest BCUT2D eigenvalue weighted by Gasteiger charge is 2.17. The maximum atomic E-state index is 12.5. The minimum Gasteiger partial charge on any atom is -0.360 e. The van der Waals surface area contributed by atoms with Crippen molar-refractivity contribution in [1.29, 1.82) is 0 Å². The number of aromatic amines is 1. The van der Waals surface area contributed by atoms with E-state index < -0.39 is 0 Å². The van der Waals surface area contributed by atoms with Crippen LogP contribution < -0.4 is 0 Å². The molecule has 0 saturated carbocycles. The molecule has 2 aromatic heterocycles. The summed E-state index contributed by atoms with van der Waals surface area (Å²) >= 11 is 8.36. The Morgan fingerprint density at radius 3 is 2.74 bits per heavy atom. The molecule has 3 aromatic rings. The quantitative estimate of drug-likeness (QED) is 0.584. The number of halogens is 2. The molecule has 0 atom stereocenters. The van der Waals surface area contributed by atoms with Crippen LogP contribution in [0.5, 0.6) is 0 Å². The zero-order valence-corrected chi connectivity index (χ0v) is 13.9. The molecule has 96 valence electrons. The summed E-state index contributed by atoms with van der Waals surface area (Å²) in [5.74, 6) is 0.0624. The number of nitrogens with one attached hydrogen (secondary N) is 1. The van der Waals surface area contributed by atoms with E-state index in [2.05, 4.69) is 36.8 Å². The zero-order chi connectivity index (χ0) is 13.6. The number of thiophene rings is 1. The minimum absolute atomic E-state index is 0.0624. The predicted molar refractivity (Wildman–Crippen MR) is 86.2 cm³/mol. The lowest BCUT2D eigenvalue weighted by Crippen LogP contribution is -1.96. The van der Waals surface area contributed by atoms with E-state index in [0.717, 1.165) is 35.2 Å². The molecule has 5 heteroatoms. The maximum Gasteiger partial charge on any atom is 0.205 e. The van der Waals surface area contributed by atoms with Crippen LogP contribution in [0.3, 0.4) is 0 Å². The lowest BCUT2D eigenvalue weighted by atomic mass is 10.1. The second kappa shape index (κ2) is 4.89. The summed E-state index contributed by atoms with van der Waals surface area (Å²) in [4.78, 5) is 16.4. The highest BCUT2D eigenvalue weighted by atomic mass is 79.9. The van der Waals surface area contributed by atoms with E-state index >= 15 is 0 Å². The number of benzene rings is 1. The molecular formula is C14H9Br2NOS. The lowest BCUT2D eigenvalue weighted by Gasteiger charge is -1.96. The number of hydrogen-bond donors (Lipinski definition) is 1. The molecule has 0 spiro atoms. The van der Waals surface area contributed by atoms with E-state index in [1.807, 2.05) is 31.2 Å². The fourth-order valence-corrected chi connectivity index (χ4v) is 3.84. The third-order valence-corrected chi connectivity index (χ3v) is 5.60. The molecule has 19 heavy (non-hydrogen) atoms. The lowest BCUT2D eigenvalue weighted by molar-refractivity contribution is 0.104. The van der Waals surface area contributed by atoms with E-state index in [1.54, 1.807) is 6.20 Å². The molecule has 2 heterocycles. The normalized spacial score (nSPS) is 11.1. The molecule has 1 aromatic carbocycles. The van der Waals surface area contributed by atoms with Crippen LogP contribution in [0.4, 0.5) is 0 Å². The van der Waals surface area contributed by atoms with Crippen LogP contribution >= 0.6 is 43.2 Å². The minimum atomic E-state index is 0.0624. The van der Waals surface area contributed by atoms with Gasteiger partial charge < -0.3 is 4.98 Å². The third kappa shape index (κ3) is 2.30. The van der Waals surface area contributed by atoms with Crippen molar-refractivity contribution >= 4 is 59.9 Å². The first-order valence-electron chi connectivity index (χ1n) is 5.63. The second-order valence-corrected chi connectivity index (χ2v) is 7.57. The molecule has 0 unspecified atom stereocenters. The molecule has 0 aliphatic rings. The van der Waals surface area contributed by atoms with Crippen LogP contribution in [0.2, 0.25) is 0 Å². The largest absolute Gasteiger partial charge is 0.360 e. The van der Waals surface area contributed by atoms with Gasteiger partial charge in [-0.2, -0.15) is 0 Å². The molecule has 0 aliphatic carbocycles. The van der Waals surface area contributed by atoms with Crippen LogP contribution in [0.25, 0.3) is 10.9 Å². The molecule has 1 N–H and O–H groups in total. The summed E-state index contributed by atoms with van der Waals surface area (Å²) < 4.78 is 2.01. The summed E-state index contributed by atoms with van der Waals surface area (Å²) in [6, 6.07) is 7.80. The molecule has 0 fully saturated rings. The van der Waals surface area contributed by atoms with Crippen molar-refractivity contribution < 1.29 is 4.79 Å². The third-order valence-electron chi connectivity index (χ3n) is 2.97. The van der Waals surface area contributed by atoms with E-state index in [1.165, 1.54) is 11.3 Å². The predicted octanol–water partition coefficient (Wildman–Crippen LogP) is 5.29. The Labute approximate surface area is 131 Å². The Morgan fingerprint density at radius 2 is 2.05 bits per heavy atom. The van der Waals surface area contributed by atoms with E-state index in [0.29, 0.717) is 0 Å². The molecule has 0 aliphatic heterocycles. The molecular weight excluding hydrogens is 390 g/mol. The molecule has 0 radical (unpaired) electrons. The van der Waals surface area contributed by atoms with Crippen LogP contribution in [0, 0.1) is 6.92 Å².